The van der Waals surface area contributed by atoms with Gasteiger partial charge in [0.25, 0.3) is 5.91 Å². The van der Waals surface area contributed by atoms with Crippen LogP contribution in [0.2, 0.25) is 0 Å². The first kappa shape index (κ1) is 20.7. The summed E-state index contributed by atoms with van der Waals surface area (Å²) in [6.07, 6.45) is 1.84. The van der Waals surface area contributed by atoms with Crippen LogP contribution in [0.15, 0.2) is 47.8 Å². The third-order valence-electron chi connectivity index (χ3n) is 6.05. The van der Waals surface area contributed by atoms with Crippen LogP contribution < -0.4 is 14.5 Å². The number of carbonyl (C=O) groups is 2. The fourth-order valence-corrected chi connectivity index (χ4v) is 5.04. The molecule has 0 spiro atoms. The van der Waals surface area contributed by atoms with Gasteiger partial charge in [0.05, 0.1) is 16.4 Å². The molecule has 0 saturated carbocycles. The van der Waals surface area contributed by atoms with E-state index in [9.17, 15) is 9.59 Å². The van der Waals surface area contributed by atoms with Gasteiger partial charge in [-0.1, -0.05) is 25.1 Å². The van der Waals surface area contributed by atoms with Gasteiger partial charge in [0, 0.05) is 23.2 Å². The third-order valence-corrected chi connectivity index (χ3v) is 6.82. The third kappa shape index (κ3) is 3.66. The van der Waals surface area contributed by atoms with Crippen LogP contribution >= 0.6 is 11.3 Å². The number of aromatic nitrogens is 1. The van der Waals surface area contributed by atoms with Crippen molar-refractivity contribution in [3.05, 3.63) is 58.4 Å². The summed E-state index contributed by atoms with van der Waals surface area (Å²) < 4.78 is 5.97. The molecule has 5 rings (SSSR count). The molecule has 7 heteroatoms. The van der Waals surface area contributed by atoms with Gasteiger partial charge in [-0.25, -0.2) is 4.98 Å². The number of ether oxygens (including phenoxy) is 1. The maximum Gasteiger partial charge on any atom is 0.268 e. The van der Waals surface area contributed by atoms with E-state index in [0.717, 1.165) is 34.8 Å². The number of hydrogen-bond acceptors (Lipinski definition) is 5. The molecule has 0 fully saturated rings. The van der Waals surface area contributed by atoms with Crippen molar-refractivity contribution in [1.29, 1.82) is 0 Å². The Hall–Kier alpha value is -3.19. The maximum absolute atomic E-state index is 13.4. The number of aryl methyl sites for hydroxylation is 2. The zero-order valence-electron chi connectivity index (χ0n) is 18.2. The minimum absolute atomic E-state index is 0.0143. The van der Waals surface area contributed by atoms with Crippen LogP contribution in [0, 0.1) is 6.92 Å². The smallest absolute Gasteiger partial charge is 0.268 e. The molecule has 3 aromatic rings. The number of carbonyl (C=O) groups excluding carboxylic acids is 2. The zero-order chi connectivity index (χ0) is 22.2. The molecule has 3 heterocycles. The highest BCUT2D eigenvalue weighted by atomic mass is 32.1. The molecule has 0 saturated heterocycles. The number of anilines is 2. The van der Waals surface area contributed by atoms with Crippen molar-refractivity contribution >= 4 is 34.5 Å². The second kappa shape index (κ2) is 8.39. The Bertz CT molecular complexity index is 1190. The van der Waals surface area contributed by atoms with Gasteiger partial charge in [-0.3, -0.25) is 14.5 Å². The van der Waals surface area contributed by atoms with Crippen molar-refractivity contribution in [1.82, 2.24) is 4.98 Å². The molecule has 1 aromatic heterocycles. The SMILES string of the molecule is CCC1Oc2ccc(-c3csc(C)n3)cc2N(CC(=O)N2CCCc3ccccc32)C1=O. The van der Waals surface area contributed by atoms with Gasteiger partial charge in [-0.05, 0) is 56.0 Å². The molecule has 0 bridgehead atoms. The molecule has 1 unspecified atom stereocenters. The molecule has 2 aromatic carbocycles. The van der Waals surface area contributed by atoms with Crippen molar-refractivity contribution in [3.8, 4) is 17.0 Å². The number of fused-ring (bicyclic) bond motifs is 2. The summed E-state index contributed by atoms with van der Waals surface area (Å²) in [5, 5.41) is 2.98. The van der Waals surface area contributed by atoms with E-state index < -0.39 is 6.10 Å². The normalized spacial score (nSPS) is 17.6. The van der Waals surface area contributed by atoms with E-state index in [1.165, 1.54) is 5.56 Å². The standard InChI is InChI=1S/C25H25N3O3S/c1-3-22-25(30)28(14-24(29)27-12-6-8-17-7-4-5-9-20(17)27)21-13-18(10-11-23(21)31-22)19-15-32-16(2)26-19/h4-5,7,9-11,13,15,22H,3,6,8,12,14H2,1-2H3. The molecular weight excluding hydrogens is 422 g/mol. The number of rotatable bonds is 4. The van der Waals surface area contributed by atoms with Crippen LogP contribution in [0.3, 0.4) is 0 Å². The molecule has 2 aliphatic rings. The second-order valence-corrected chi connectivity index (χ2v) is 9.21. The molecular formula is C25H25N3O3S. The van der Waals surface area contributed by atoms with Crippen LogP contribution in [0.4, 0.5) is 11.4 Å². The number of thiazole rings is 1. The maximum atomic E-state index is 13.4. The second-order valence-electron chi connectivity index (χ2n) is 8.15. The highest BCUT2D eigenvalue weighted by Crippen LogP contribution is 2.38. The Kier molecular flexibility index (Phi) is 5.43. The quantitative estimate of drug-likeness (QED) is 0.586. The van der Waals surface area contributed by atoms with E-state index >= 15 is 0 Å². The minimum atomic E-state index is -0.587. The van der Waals surface area contributed by atoms with E-state index in [1.54, 1.807) is 16.2 Å². The summed E-state index contributed by atoms with van der Waals surface area (Å²) in [4.78, 5) is 34.6. The van der Waals surface area contributed by atoms with E-state index in [1.807, 2.05) is 60.5 Å². The van der Waals surface area contributed by atoms with Crippen LogP contribution in [0.5, 0.6) is 5.75 Å². The van der Waals surface area contributed by atoms with E-state index in [0.29, 0.717) is 24.4 Å². The van der Waals surface area contributed by atoms with Gasteiger partial charge in [-0.15, -0.1) is 11.3 Å². The molecule has 0 radical (unpaired) electrons. The van der Waals surface area contributed by atoms with Crippen LogP contribution in [-0.2, 0) is 16.0 Å². The average Bonchev–Trinajstić information content (AvgIpc) is 3.26. The van der Waals surface area contributed by atoms with Crippen molar-refractivity contribution in [2.24, 2.45) is 0 Å². The van der Waals surface area contributed by atoms with E-state index in [-0.39, 0.29) is 18.4 Å². The largest absolute Gasteiger partial charge is 0.478 e. The number of para-hydroxylation sites is 1. The van der Waals surface area contributed by atoms with E-state index in [2.05, 4.69) is 11.1 Å². The first-order valence-electron chi connectivity index (χ1n) is 11.0. The summed E-state index contributed by atoms with van der Waals surface area (Å²) in [6.45, 7) is 4.53. The number of benzene rings is 2. The van der Waals surface area contributed by atoms with Crippen molar-refractivity contribution in [3.63, 3.8) is 0 Å². The number of hydrogen-bond donors (Lipinski definition) is 0. The summed E-state index contributed by atoms with van der Waals surface area (Å²) in [5.74, 6) is 0.368. The predicted molar refractivity (Wildman–Crippen MR) is 126 cm³/mol. The monoisotopic (exact) mass is 447 g/mol. The van der Waals surface area contributed by atoms with Gasteiger partial charge >= 0.3 is 0 Å². The first-order valence-corrected chi connectivity index (χ1v) is 11.9. The molecule has 2 aliphatic heterocycles. The van der Waals surface area contributed by atoms with Crippen LogP contribution in [0.25, 0.3) is 11.3 Å². The summed E-state index contributed by atoms with van der Waals surface area (Å²) in [5.41, 5.74) is 4.51. The van der Waals surface area contributed by atoms with Gasteiger partial charge in [-0.2, -0.15) is 0 Å². The Balaban J connectivity index is 1.49. The molecule has 2 amide bonds. The topological polar surface area (TPSA) is 62.7 Å². The molecule has 6 nitrogen and oxygen atoms in total. The first-order chi connectivity index (χ1) is 15.5. The summed E-state index contributed by atoms with van der Waals surface area (Å²) in [7, 11) is 0. The van der Waals surface area contributed by atoms with Crippen molar-refractivity contribution < 1.29 is 14.3 Å². The fourth-order valence-electron chi connectivity index (χ4n) is 4.41. The number of amides is 2. The fraction of sp³-hybridized carbons (Fsp3) is 0.320. The molecule has 164 valence electrons. The molecule has 32 heavy (non-hydrogen) atoms. The van der Waals surface area contributed by atoms with Crippen LogP contribution in [0.1, 0.15) is 30.3 Å². The van der Waals surface area contributed by atoms with E-state index in [4.69, 9.17) is 4.74 Å². The van der Waals surface area contributed by atoms with Crippen molar-refractivity contribution in [2.45, 2.75) is 39.2 Å². The lowest BCUT2D eigenvalue weighted by atomic mass is 10.0. The number of nitrogens with zero attached hydrogens (tertiary/aromatic N) is 3. The van der Waals surface area contributed by atoms with Gasteiger partial charge in [0.2, 0.25) is 5.91 Å². The Labute approximate surface area is 191 Å². The Morgan fingerprint density at radius 3 is 2.84 bits per heavy atom. The van der Waals surface area contributed by atoms with Gasteiger partial charge < -0.3 is 9.64 Å². The Morgan fingerprint density at radius 2 is 2.06 bits per heavy atom. The lowest BCUT2D eigenvalue weighted by Crippen LogP contribution is -2.51. The minimum Gasteiger partial charge on any atom is -0.478 e. The summed E-state index contributed by atoms with van der Waals surface area (Å²) >= 11 is 1.58. The summed E-state index contributed by atoms with van der Waals surface area (Å²) in [6, 6.07) is 13.7. The van der Waals surface area contributed by atoms with Crippen molar-refractivity contribution in [2.75, 3.05) is 22.9 Å². The lowest BCUT2D eigenvalue weighted by Gasteiger charge is -2.36. The van der Waals surface area contributed by atoms with Gasteiger partial charge in [0.15, 0.2) is 6.10 Å². The van der Waals surface area contributed by atoms with Crippen LogP contribution in [-0.4, -0.2) is 36.0 Å². The molecule has 0 aliphatic carbocycles. The highest BCUT2D eigenvalue weighted by Gasteiger charge is 2.36. The predicted octanol–water partition coefficient (Wildman–Crippen LogP) is 4.60. The molecule has 1 atom stereocenters. The Morgan fingerprint density at radius 1 is 1.22 bits per heavy atom. The average molecular weight is 448 g/mol. The lowest BCUT2D eigenvalue weighted by molar-refractivity contribution is -0.128. The zero-order valence-corrected chi connectivity index (χ0v) is 19.0. The van der Waals surface area contributed by atoms with Gasteiger partial charge in [0.1, 0.15) is 12.3 Å². The highest BCUT2D eigenvalue weighted by molar-refractivity contribution is 7.09. The molecule has 0 N–H and O–H groups in total.